The summed E-state index contributed by atoms with van der Waals surface area (Å²) in [4.78, 5) is 47.4. The second-order valence-corrected chi connectivity index (χ2v) is 8.51. The minimum Gasteiger partial charge on any atom is -0.460 e. The minimum absolute atomic E-state index is 0.0330. The molecular formula is C19H28N4O7. The van der Waals surface area contributed by atoms with Crippen molar-refractivity contribution in [1.29, 1.82) is 0 Å². The van der Waals surface area contributed by atoms with Crippen molar-refractivity contribution in [3.05, 3.63) is 28.3 Å². The Morgan fingerprint density at radius 1 is 1.10 bits per heavy atom. The van der Waals surface area contributed by atoms with E-state index in [0.29, 0.717) is 0 Å². The first-order valence-electron chi connectivity index (χ1n) is 9.13. The Labute approximate surface area is 174 Å². The summed E-state index contributed by atoms with van der Waals surface area (Å²) in [6.07, 6.45) is -1.41. The summed E-state index contributed by atoms with van der Waals surface area (Å²) < 4.78 is 10.3. The number of non-ortho nitro benzene ring substituents is 1. The summed E-state index contributed by atoms with van der Waals surface area (Å²) >= 11 is 0. The zero-order valence-corrected chi connectivity index (χ0v) is 17.9. The molecule has 0 radical (unpaired) electrons. The lowest BCUT2D eigenvalue weighted by Crippen LogP contribution is -2.47. The lowest BCUT2D eigenvalue weighted by Gasteiger charge is -2.24. The van der Waals surface area contributed by atoms with E-state index < -0.39 is 46.6 Å². The topological polar surface area (TPSA) is 163 Å². The monoisotopic (exact) mass is 424 g/mol. The van der Waals surface area contributed by atoms with Gasteiger partial charge >= 0.3 is 12.1 Å². The predicted molar refractivity (Wildman–Crippen MR) is 110 cm³/mol. The van der Waals surface area contributed by atoms with Gasteiger partial charge in [0.1, 0.15) is 17.2 Å². The Bertz CT molecular complexity index is 795. The molecule has 0 aliphatic heterocycles. The van der Waals surface area contributed by atoms with Gasteiger partial charge in [-0.15, -0.1) is 0 Å². The number of hydrogen-bond donors (Lipinski definition) is 3. The number of nitrogen functional groups attached to an aromatic ring is 1. The quantitative estimate of drug-likeness (QED) is 0.271. The first kappa shape index (κ1) is 24.7. The molecule has 0 heterocycles. The molecule has 11 heteroatoms. The number of carbonyl (C=O) groups is 3. The summed E-state index contributed by atoms with van der Waals surface area (Å²) in [7, 11) is 0. The second kappa shape index (κ2) is 9.42. The number of esters is 1. The van der Waals surface area contributed by atoms with Gasteiger partial charge in [-0.2, -0.15) is 0 Å². The Hall–Kier alpha value is -3.37. The number of nitro benzene ring substituents is 1. The van der Waals surface area contributed by atoms with Crippen LogP contribution in [0, 0.1) is 10.1 Å². The van der Waals surface area contributed by atoms with Gasteiger partial charge < -0.3 is 25.8 Å². The summed E-state index contributed by atoms with van der Waals surface area (Å²) in [5.74, 6) is -1.55. The van der Waals surface area contributed by atoms with Gasteiger partial charge in [0.25, 0.3) is 5.69 Å². The van der Waals surface area contributed by atoms with Gasteiger partial charge in [-0.05, 0) is 47.6 Å². The van der Waals surface area contributed by atoms with Crippen LogP contribution in [0.15, 0.2) is 18.2 Å². The average Bonchev–Trinajstić information content (AvgIpc) is 2.52. The van der Waals surface area contributed by atoms with E-state index in [0.717, 1.165) is 6.07 Å². The Morgan fingerprint density at radius 2 is 1.67 bits per heavy atom. The Balaban J connectivity index is 3.06. The molecule has 2 amide bonds. The van der Waals surface area contributed by atoms with Crippen LogP contribution >= 0.6 is 0 Å². The summed E-state index contributed by atoms with van der Waals surface area (Å²) in [5.41, 5.74) is 3.89. The number of benzene rings is 1. The number of nitrogens with two attached hydrogens (primary N) is 1. The number of ether oxygens (including phenoxy) is 2. The molecule has 1 aromatic carbocycles. The van der Waals surface area contributed by atoms with Gasteiger partial charge in [0.05, 0.1) is 22.7 Å². The molecule has 166 valence electrons. The van der Waals surface area contributed by atoms with E-state index in [1.54, 1.807) is 41.5 Å². The first-order chi connectivity index (χ1) is 13.6. The van der Waals surface area contributed by atoms with E-state index in [9.17, 15) is 24.5 Å². The zero-order chi connectivity index (χ0) is 23.3. The molecule has 30 heavy (non-hydrogen) atoms. The van der Waals surface area contributed by atoms with Crippen LogP contribution in [0.25, 0.3) is 0 Å². The highest BCUT2D eigenvalue weighted by atomic mass is 16.6. The maximum atomic E-state index is 12.7. The molecule has 0 spiro atoms. The van der Waals surface area contributed by atoms with Crippen molar-refractivity contribution in [1.82, 2.24) is 5.32 Å². The van der Waals surface area contributed by atoms with E-state index in [2.05, 4.69) is 10.6 Å². The molecule has 0 saturated heterocycles. The summed E-state index contributed by atoms with van der Waals surface area (Å²) in [6, 6.07) is 2.15. The van der Waals surface area contributed by atoms with Crippen molar-refractivity contribution in [2.45, 2.75) is 65.2 Å². The molecule has 0 aromatic heterocycles. The fourth-order valence-electron chi connectivity index (χ4n) is 2.19. The predicted octanol–water partition coefficient (Wildman–Crippen LogP) is 2.74. The lowest BCUT2D eigenvalue weighted by atomic mass is 10.1. The third-order valence-corrected chi connectivity index (χ3v) is 3.30. The smallest absolute Gasteiger partial charge is 0.408 e. The molecule has 4 N–H and O–H groups in total. The number of rotatable bonds is 6. The molecule has 0 fully saturated rings. The molecule has 1 aromatic rings. The Morgan fingerprint density at radius 3 is 2.17 bits per heavy atom. The molecule has 1 atom stereocenters. The third kappa shape index (κ3) is 8.76. The highest BCUT2D eigenvalue weighted by Crippen LogP contribution is 2.25. The fourth-order valence-corrected chi connectivity index (χ4v) is 2.19. The van der Waals surface area contributed by atoms with Crippen LogP contribution in [-0.2, 0) is 19.1 Å². The number of anilines is 2. The van der Waals surface area contributed by atoms with E-state index in [1.165, 1.54) is 12.1 Å². The second-order valence-electron chi connectivity index (χ2n) is 8.51. The van der Waals surface area contributed by atoms with Crippen LogP contribution in [0.5, 0.6) is 0 Å². The molecule has 0 unspecified atom stereocenters. The van der Waals surface area contributed by atoms with Crippen LogP contribution < -0.4 is 16.4 Å². The molecule has 1 rings (SSSR count). The molecule has 0 saturated carbocycles. The average molecular weight is 424 g/mol. The molecule has 0 aliphatic rings. The number of hydrogen-bond acceptors (Lipinski definition) is 8. The SMILES string of the molecule is CC(C)(C)OC(=O)C[C@H](NC(=O)OC(C)(C)C)C(=O)Nc1cc([N+](=O)[O-])ccc1N. The van der Waals surface area contributed by atoms with Crippen molar-refractivity contribution in [2.75, 3.05) is 11.1 Å². The number of alkyl carbamates (subject to hydrolysis) is 1. The van der Waals surface area contributed by atoms with Crippen molar-refractivity contribution in [2.24, 2.45) is 0 Å². The summed E-state index contributed by atoms with van der Waals surface area (Å²) in [6.45, 7) is 9.89. The fraction of sp³-hybridized carbons (Fsp3) is 0.526. The highest BCUT2D eigenvalue weighted by Gasteiger charge is 2.29. The molecular weight excluding hydrogens is 396 g/mol. The number of nitrogens with one attached hydrogen (secondary N) is 2. The normalized spacial score (nSPS) is 12.5. The van der Waals surface area contributed by atoms with Gasteiger partial charge in [-0.3, -0.25) is 19.7 Å². The minimum atomic E-state index is -1.37. The largest absolute Gasteiger partial charge is 0.460 e. The standard InChI is InChI=1S/C19H28N4O7/c1-18(2,3)29-15(24)10-14(22-17(26)30-19(4,5)6)16(25)21-13-9-11(23(27)28)7-8-12(13)20/h7-9,14H,10,20H2,1-6H3,(H,21,25)(H,22,26)/t14-/m0/s1. The van der Waals surface area contributed by atoms with Crippen LogP contribution in [0.3, 0.4) is 0 Å². The number of nitrogens with zero attached hydrogens (tertiary/aromatic N) is 1. The van der Waals surface area contributed by atoms with Gasteiger partial charge in [0.15, 0.2) is 0 Å². The summed E-state index contributed by atoms with van der Waals surface area (Å²) in [5, 5.41) is 15.7. The van der Waals surface area contributed by atoms with Crippen molar-refractivity contribution in [3.63, 3.8) is 0 Å². The third-order valence-electron chi connectivity index (χ3n) is 3.30. The van der Waals surface area contributed by atoms with Crippen LogP contribution in [-0.4, -0.2) is 40.1 Å². The number of amides is 2. The van der Waals surface area contributed by atoms with Crippen LogP contribution in [0.1, 0.15) is 48.0 Å². The highest BCUT2D eigenvalue weighted by molar-refractivity contribution is 6.00. The lowest BCUT2D eigenvalue weighted by molar-refractivity contribution is -0.384. The van der Waals surface area contributed by atoms with E-state index in [1.807, 2.05) is 0 Å². The maximum Gasteiger partial charge on any atom is 0.408 e. The van der Waals surface area contributed by atoms with Crippen molar-refractivity contribution < 1.29 is 28.8 Å². The van der Waals surface area contributed by atoms with Gasteiger partial charge in [-0.25, -0.2) is 4.79 Å². The molecule has 0 bridgehead atoms. The van der Waals surface area contributed by atoms with E-state index in [4.69, 9.17) is 15.2 Å². The number of carbonyl (C=O) groups excluding carboxylic acids is 3. The number of nitro groups is 1. The molecule has 0 aliphatic carbocycles. The van der Waals surface area contributed by atoms with E-state index in [-0.39, 0.29) is 17.1 Å². The Kier molecular flexibility index (Phi) is 7.74. The van der Waals surface area contributed by atoms with E-state index >= 15 is 0 Å². The van der Waals surface area contributed by atoms with Gasteiger partial charge in [0, 0.05) is 12.1 Å². The van der Waals surface area contributed by atoms with Gasteiger partial charge in [-0.1, -0.05) is 0 Å². The van der Waals surface area contributed by atoms with Crippen LogP contribution in [0.4, 0.5) is 21.9 Å². The van der Waals surface area contributed by atoms with Gasteiger partial charge in [0.2, 0.25) is 5.91 Å². The van der Waals surface area contributed by atoms with Crippen LogP contribution in [0.2, 0.25) is 0 Å². The molecule has 11 nitrogen and oxygen atoms in total. The maximum absolute atomic E-state index is 12.7. The van der Waals surface area contributed by atoms with Crippen molar-refractivity contribution in [3.8, 4) is 0 Å². The zero-order valence-electron chi connectivity index (χ0n) is 17.9. The first-order valence-corrected chi connectivity index (χ1v) is 9.13. The van der Waals surface area contributed by atoms with Crippen molar-refractivity contribution >= 4 is 35.0 Å².